The fraction of sp³-hybridized carbons (Fsp3) is 0.515. The molecule has 4 rings (SSSR count). The number of thioether (sulfide) groups is 1. The first-order chi connectivity index (χ1) is 18.5. The minimum absolute atomic E-state index is 0.808. The lowest BCUT2D eigenvalue weighted by Gasteiger charge is -2.18. The van der Waals surface area contributed by atoms with E-state index in [9.17, 15) is 0 Å². The van der Waals surface area contributed by atoms with Crippen LogP contribution in [0.1, 0.15) is 74.1 Å². The van der Waals surface area contributed by atoms with Gasteiger partial charge in [0.25, 0.3) is 0 Å². The molecule has 5 heteroatoms. The van der Waals surface area contributed by atoms with E-state index in [0.717, 1.165) is 61.0 Å². The molecule has 0 atom stereocenters. The van der Waals surface area contributed by atoms with Crippen LogP contribution in [0.4, 0.5) is 5.69 Å². The van der Waals surface area contributed by atoms with Gasteiger partial charge in [-0.05, 0) is 109 Å². The van der Waals surface area contributed by atoms with Crippen molar-refractivity contribution in [2.45, 2.75) is 71.6 Å². The third-order valence-electron chi connectivity index (χ3n) is 7.52. The van der Waals surface area contributed by atoms with Gasteiger partial charge in [-0.1, -0.05) is 51.3 Å². The second-order valence-corrected chi connectivity index (χ2v) is 11.9. The minimum Gasteiger partial charge on any atom is -0.496 e. The number of fused-ring (bicyclic) bond motifs is 1. The van der Waals surface area contributed by atoms with Crippen molar-refractivity contribution in [3.8, 4) is 5.75 Å². The maximum absolute atomic E-state index is 5.76. The zero-order valence-corrected chi connectivity index (χ0v) is 24.9. The summed E-state index contributed by atoms with van der Waals surface area (Å²) in [4.78, 5) is 0. The highest BCUT2D eigenvalue weighted by molar-refractivity contribution is 7.99. The zero-order valence-electron chi connectivity index (χ0n) is 24.1. The van der Waals surface area contributed by atoms with E-state index in [1.807, 2.05) is 18.8 Å². The van der Waals surface area contributed by atoms with E-state index >= 15 is 0 Å². The van der Waals surface area contributed by atoms with E-state index in [1.165, 1.54) is 71.4 Å². The number of unbranched alkanes of at least 4 members (excludes halogenated alkanes) is 2. The van der Waals surface area contributed by atoms with Crippen LogP contribution in [0.3, 0.4) is 0 Å². The van der Waals surface area contributed by atoms with Crippen molar-refractivity contribution in [1.82, 2.24) is 5.32 Å². The van der Waals surface area contributed by atoms with E-state index in [0.29, 0.717) is 0 Å². The number of anilines is 1. The second kappa shape index (κ2) is 15.9. The van der Waals surface area contributed by atoms with Crippen LogP contribution in [0.2, 0.25) is 0 Å². The molecule has 1 saturated carbocycles. The molecule has 0 amide bonds. The first-order valence-corrected chi connectivity index (χ1v) is 15.5. The van der Waals surface area contributed by atoms with E-state index in [4.69, 9.17) is 10.5 Å². The highest BCUT2D eigenvalue weighted by Crippen LogP contribution is 2.40. The van der Waals surface area contributed by atoms with Gasteiger partial charge in [-0.25, -0.2) is 0 Å². The van der Waals surface area contributed by atoms with Crippen LogP contribution in [-0.2, 0) is 12.8 Å². The number of benzene rings is 2. The smallest absolute Gasteiger partial charge is 0.122 e. The highest BCUT2D eigenvalue weighted by Gasteiger charge is 2.25. The first kappa shape index (κ1) is 30.2. The van der Waals surface area contributed by atoms with Crippen molar-refractivity contribution < 1.29 is 4.74 Å². The Labute approximate surface area is 235 Å². The number of nitrogens with two attached hydrogens (primary N) is 1. The van der Waals surface area contributed by atoms with E-state index in [1.54, 1.807) is 7.11 Å². The summed E-state index contributed by atoms with van der Waals surface area (Å²) in [5.41, 5.74) is 14.0. The maximum Gasteiger partial charge on any atom is 0.122 e. The number of methoxy groups -OCH3 is 1. The summed E-state index contributed by atoms with van der Waals surface area (Å²) in [5, 5.41) is 6.91. The van der Waals surface area contributed by atoms with Crippen LogP contribution >= 0.6 is 11.8 Å². The molecule has 0 aliphatic heterocycles. The Morgan fingerprint density at radius 2 is 1.87 bits per heavy atom. The Morgan fingerprint density at radius 3 is 2.50 bits per heavy atom. The molecule has 0 heterocycles. The van der Waals surface area contributed by atoms with Gasteiger partial charge >= 0.3 is 0 Å². The summed E-state index contributed by atoms with van der Waals surface area (Å²) in [6, 6.07) is 12.9. The molecule has 0 spiro atoms. The molecule has 208 valence electrons. The van der Waals surface area contributed by atoms with Gasteiger partial charge in [0.1, 0.15) is 11.6 Å². The molecule has 0 radical (unpaired) electrons. The molecule has 38 heavy (non-hydrogen) atoms. The van der Waals surface area contributed by atoms with Crippen LogP contribution in [0.15, 0.2) is 54.4 Å². The number of allylic oxidation sites excluding steroid dienone is 2. The average molecular weight is 536 g/mol. The summed E-state index contributed by atoms with van der Waals surface area (Å²) in [5.74, 6) is 5.48. The molecule has 0 aromatic heterocycles. The van der Waals surface area contributed by atoms with E-state index < -0.39 is 0 Å². The van der Waals surface area contributed by atoms with Gasteiger partial charge in [-0.15, -0.1) is 0 Å². The third kappa shape index (κ3) is 8.84. The van der Waals surface area contributed by atoms with Crippen LogP contribution in [0.25, 0.3) is 5.57 Å². The lowest BCUT2D eigenvalue weighted by atomic mass is 9.88. The third-order valence-corrected chi connectivity index (χ3v) is 8.68. The van der Waals surface area contributed by atoms with Crippen LogP contribution in [-0.4, -0.2) is 32.2 Å². The van der Waals surface area contributed by atoms with E-state index in [2.05, 4.69) is 67.5 Å². The Hall–Kier alpha value is -2.37. The van der Waals surface area contributed by atoms with Crippen molar-refractivity contribution in [2.75, 3.05) is 37.5 Å². The molecule has 0 unspecified atom stereocenters. The van der Waals surface area contributed by atoms with Crippen molar-refractivity contribution in [1.29, 1.82) is 0 Å². The number of aryl methyl sites for hydroxylation is 2. The van der Waals surface area contributed by atoms with Crippen LogP contribution in [0.5, 0.6) is 5.75 Å². The number of hydrogen-bond acceptors (Lipinski definition) is 5. The summed E-state index contributed by atoms with van der Waals surface area (Å²) in [7, 11) is 3.73. The summed E-state index contributed by atoms with van der Waals surface area (Å²) in [6.07, 6.45) is 11.1. The maximum atomic E-state index is 5.76. The molecule has 4 nitrogen and oxygen atoms in total. The Morgan fingerprint density at radius 1 is 1.11 bits per heavy atom. The lowest BCUT2D eigenvalue weighted by molar-refractivity contribution is 0.346. The van der Waals surface area contributed by atoms with Crippen molar-refractivity contribution in [3.63, 3.8) is 0 Å². The predicted molar refractivity (Wildman–Crippen MR) is 168 cm³/mol. The topological polar surface area (TPSA) is 59.3 Å². The number of hydrogen-bond donors (Lipinski definition) is 3. The quantitative estimate of drug-likeness (QED) is 0.229. The molecule has 2 aliphatic rings. The van der Waals surface area contributed by atoms with Crippen LogP contribution in [0, 0.1) is 12.8 Å². The normalized spacial score (nSPS) is 15.8. The van der Waals surface area contributed by atoms with Gasteiger partial charge < -0.3 is 21.1 Å². The van der Waals surface area contributed by atoms with E-state index in [-0.39, 0.29) is 0 Å². The second-order valence-electron chi connectivity index (χ2n) is 10.7. The SMILES string of the molecule is C=C1/C(=C(\NC)Nc2cccc(C)c2)Cc2cc(OC)c(CCCSCCCCCN)cc21.CC1CCC1. The first-order valence-electron chi connectivity index (χ1n) is 14.4. The summed E-state index contributed by atoms with van der Waals surface area (Å²) < 4.78 is 5.76. The number of ether oxygens (including phenoxy) is 1. The largest absolute Gasteiger partial charge is 0.496 e. The van der Waals surface area contributed by atoms with Gasteiger partial charge in [0.05, 0.1) is 7.11 Å². The van der Waals surface area contributed by atoms with Gasteiger partial charge in [0.15, 0.2) is 0 Å². The Bertz CT molecular complexity index is 1070. The molecule has 2 aromatic rings. The van der Waals surface area contributed by atoms with Gasteiger partial charge in [0, 0.05) is 24.7 Å². The van der Waals surface area contributed by atoms with Gasteiger partial charge in [-0.3, -0.25) is 0 Å². The van der Waals surface area contributed by atoms with Crippen molar-refractivity contribution in [3.05, 3.63) is 76.6 Å². The Kier molecular flexibility index (Phi) is 12.6. The lowest BCUT2D eigenvalue weighted by Crippen LogP contribution is -2.17. The average Bonchev–Trinajstić information content (AvgIpc) is 3.22. The standard InChI is InChI=1S/C28H39N3OS.C5H10/c1-20-10-8-12-24(16-20)31-28(30-3)26-18-23-19-27(32-4)22(17-25(23)21(26)2)11-9-15-33-14-7-5-6-13-29;1-5-3-2-4-5/h8,10,12,16-17,19,30-31H,2,5-7,9,11,13-15,18,29H2,1,3-4H3;5H,2-4H2,1H3/b28-26+;. The molecular formula is C33H49N3OS. The fourth-order valence-electron chi connectivity index (χ4n) is 4.94. The monoisotopic (exact) mass is 535 g/mol. The highest BCUT2D eigenvalue weighted by atomic mass is 32.2. The van der Waals surface area contributed by atoms with Gasteiger partial charge in [0.2, 0.25) is 0 Å². The van der Waals surface area contributed by atoms with Crippen molar-refractivity contribution in [2.24, 2.45) is 11.7 Å². The number of nitrogens with one attached hydrogen (secondary N) is 2. The predicted octanol–water partition coefficient (Wildman–Crippen LogP) is 7.72. The molecule has 0 saturated heterocycles. The van der Waals surface area contributed by atoms with Crippen LogP contribution < -0.4 is 21.1 Å². The fourth-order valence-corrected chi connectivity index (χ4v) is 5.90. The zero-order chi connectivity index (χ0) is 27.3. The van der Waals surface area contributed by atoms with Crippen molar-refractivity contribution >= 4 is 23.0 Å². The summed E-state index contributed by atoms with van der Waals surface area (Å²) >= 11 is 2.05. The van der Waals surface area contributed by atoms with Gasteiger partial charge in [-0.2, -0.15) is 11.8 Å². The summed E-state index contributed by atoms with van der Waals surface area (Å²) in [6.45, 7) is 9.68. The molecule has 2 aromatic carbocycles. The molecule has 0 bridgehead atoms. The minimum atomic E-state index is 0.808. The molecule has 1 fully saturated rings. The number of rotatable bonds is 13. The molecule has 4 N–H and O–H groups in total. The molecular weight excluding hydrogens is 486 g/mol. The Balaban J connectivity index is 0.000000715. The molecule has 2 aliphatic carbocycles.